The van der Waals surface area contributed by atoms with Gasteiger partial charge in [0, 0.05) is 28.9 Å². The van der Waals surface area contributed by atoms with Crippen molar-refractivity contribution in [3.8, 4) is 16.9 Å². The molecular weight excluding hydrogens is 480 g/mol. The van der Waals surface area contributed by atoms with Crippen LogP contribution in [-0.2, 0) is 4.79 Å². The average Bonchev–Trinajstić information content (AvgIpc) is 2.89. The van der Waals surface area contributed by atoms with E-state index in [2.05, 4.69) is 4.98 Å². The van der Waals surface area contributed by atoms with Gasteiger partial charge in [0.1, 0.15) is 11.0 Å². The van der Waals surface area contributed by atoms with E-state index in [1.54, 1.807) is 47.6 Å². The summed E-state index contributed by atoms with van der Waals surface area (Å²) < 4.78 is 0. The second-order valence-electron chi connectivity index (χ2n) is 8.36. The Labute approximate surface area is 213 Å². The molecule has 1 fully saturated rings. The maximum Gasteiger partial charge on any atom is 0.243 e. The minimum Gasteiger partial charge on any atom is -0.508 e. The molecule has 1 amide bonds. The topological polar surface area (TPSA) is 73.7 Å². The van der Waals surface area contributed by atoms with Crippen LogP contribution in [0.1, 0.15) is 23.3 Å². The van der Waals surface area contributed by atoms with Gasteiger partial charge in [-0.3, -0.25) is 9.78 Å². The number of β-lactam (4-membered cyclic amide) rings is 1. The first-order valence-corrected chi connectivity index (χ1v) is 12.6. The van der Waals surface area contributed by atoms with Gasteiger partial charge in [0.15, 0.2) is 0 Å². The second kappa shape index (κ2) is 10.1. The number of rotatable bonds is 7. The van der Waals surface area contributed by atoms with Crippen molar-refractivity contribution in [2.45, 2.75) is 17.4 Å². The van der Waals surface area contributed by atoms with Crippen LogP contribution in [0.15, 0.2) is 97.3 Å². The maximum absolute atomic E-state index is 13.3. The van der Waals surface area contributed by atoms with Crippen molar-refractivity contribution in [3.05, 3.63) is 113 Å². The zero-order chi connectivity index (χ0) is 24.4. The molecule has 7 heteroatoms. The standard InChI is InChI=1S/C28H23ClN2O3S/c29-22-5-1-3-20(15-22)25(33)17-35-27-26(19-8-12-24(32)13-9-19)31(28(27)34)23-10-6-18(7-11-23)21-4-2-14-30-16-21/h1-16,25-27,32-33H,17H2/t25-,26-,27-/m1/s1. The van der Waals surface area contributed by atoms with Gasteiger partial charge >= 0.3 is 0 Å². The van der Waals surface area contributed by atoms with Gasteiger partial charge in [0.2, 0.25) is 5.91 Å². The molecule has 1 aromatic heterocycles. The number of halogens is 1. The summed E-state index contributed by atoms with van der Waals surface area (Å²) in [6.07, 6.45) is 2.81. The highest BCUT2D eigenvalue weighted by Gasteiger charge is 2.49. The van der Waals surface area contributed by atoms with Crippen LogP contribution < -0.4 is 4.90 Å². The lowest BCUT2D eigenvalue weighted by Crippen LogP contribution is -2.57. The van der Waals surface area contributed by atoms with E-state index in [4.69, 9.17) is 11.6 Å². The van der Waals surface area contributed by atoms with E-state index in [1.807, 2.05) is 54.6 Å². The number of amides is 1. The summed E-state index contributed by atoms with van der Waals surface area (Å²) in [5.74, 6) is 0.520. The number of benzene rings is 3. The number of phenols is 1. The van der Waals surface area contributed by atoms with Gasteiger partial charge in [-0.05, 0) is 64.7 Å². The van der Waals surface area contributed by atoms with Crippen molar-refractivity contribution in [3.63, 3.8) is 0 Å². The Morgan fingerprint density at radius 3 is 2.43 bits per heavy atom. The third-order valence-electron chi connectivity index (χ3n) is 6.09. The first kappa shape index (κ1) is 23.4. The molecule has 0 saturated carbocycles. The number of carbonyl (C=O) groups excluding carboxylic acids is 1. The van der Waals surface area contributed by atoms with Crippen LogP contribution >= 0.6 is 23.4 Å². The molecular formula is C28H23ClN2O3S. The Bertz CT molecular complexity index is 1320. The van der Waals surface area contributed by atoms with Crippen molar-refractivity contribution >= 4 is 35.0 Å². The van der Waals surface area contributed by atoms with Gasteiger partial charge < -0.3 is 15.1 Å². The monoisotopic (exact) mass is 502 g/mol. The van der Waals surface area contributed by atoms with E-state index in [9.17, 15) is 15.0 Å². The van der Waals surface area contributed by atoms with Gasteiger partial charge in [-0.15, -0.1) is 11.8 Å². The Morgan fingerprint density at radius 1 is 0.971 bits per heavy atom. The number of phenolic OH excluding ortho intramolecular Hbond substituents is 1. The van der Waals surface area contributed by atoms with E-state index in [-0.39, 0.29) is 22.9 Å². The summed E-state index contributed by atoms with van der Waals surface area (Å²) in [5, 5.41) is 20.6. The highest BCUT2D eigenvalue weighted by molar-refractivity contribution is 8.00. The molecule has 0 aliphatic carbocycles. The molecule has 1 aliphatic heterocycles. The van der Waals surface area contributed by atoms with Crippen LogP contribution in [0, 0.1) is 0 Å². The molecule has 1 aliphatic rings. The Morgan fingerprint density at radius 2 is 1.74 bits per heavy atom. The van der Waals surface area contributed by atoms with Crippen LogP contribution in [0.2, 0.25) is 5.02 Å². The lowest BCUT2D eigenvalue weighted by molar-refractivity contribution is -0.123. The Kier molecular flexibility index (Phi) is 6.77. The first-order valence-electron chi connectivity index (χ1n) is 11.2. The quantitative estimate of drug-likeness (QED) is 0.302. The fourth-order valence-electron chi connectivity index (χ4n) is 4.26. The van der Waals surface area contributed by atoms with Crippen molar-refractivity contribution in [1.82, 2.24) is 4.98 Å². The normalized spacial score (nSPS) is 18.2. The molecule has 5 nitrogen and oxygen atoms in total. The van der Waals surface area contributed by atoms with Gasteiger partial charge in [-0.1, -0.05) is 54.1 Å². The number of pyridine rings is 1. The van der Waals surface area contributed by atoms with E-state index in [0.717, 1.165) is 27.9 Å². The van der Waals surface area contributed by atoms with Gasteiger partial charge in [-0.25, -0.2) is 0 Å². The number of carbonyl (C=O) groups is 1. The van der Waals surface area contributed by atoms with Crippen LogP contribution in [0.3, 0.4) is 0 Å². The molecule has 1 saturated heterocycles. The smallest absolute Gasteiger partial charge is 0.243 e. The van der Waals surface area contributed by atoms with Crippen molar-refractivity contribution in [2.24, 2.45) is 0 Å². The first-order chi connectivity index (χ1) is 17.0. The number of anilines is 1. The highest BCUT2D eigenvalue weighted by Crippen LogP contribution is 2.46. The molecule has 3 aromatic carbocycles. The lowest BCUT2D eigenvalue weighted by Gasteiger charge is -2.47. The molecule has 2 heterocycles. The molecule has 4 aromatic rings. The average molecular weight is 503 g/mol. The number of aliphatic hydroxyl groups is 1. The molecule has 0 bridgehead atoms. The number of nitrogens with zero attached hydrogens (tertiary/aromatic N) is 2. The summed E-state index contributed by atoms with van der Waals surface area (Å²) in [6.45, 7) is 0. The number of aromatic nitrogens is 1. The van der Waals surface area contributed by atoms with Crippen molar-refractivity contribution in [1.29, 1.82) is 0 Å². The zero-order valence-electron chi connectivity index (χ0n) is 18.7. The van der Waals surface area contributed by atoms with E-state index < -0.39 is 6.10 Å². The molecule has 0 radical (unpaired) electrons. The van der Waals surface area contributed by atoms with Gasteiger partial charge in [-0.2, -0.15) is 0 Å². The largest absolute Gasteiger partial charge is 0.508 e. The molecule has 3 atom stereocenters. The Hall–Kier alpha value is -3.32. The summed E-state index contributed by atoms with van der Waals surface area (Å²) in [6, 6.07) is 25.6. The fraction of sp³-hybridized carbons (Fsp3) is 0.143. The number of aliphatic hydroxyl groups excluding tert-OH is 1. The number of hydrogen-bond acceptors (Lipinski definition) is 5. The van der Waals surface area contributed by atoms with E-state index in [1.165, 1.54) is 11.8 Å². The molecule has 0 spiro atoms. The third-order valence-corrected chi connectivity index (χ3v) is 7.65. The number of aromatic hydroxyl groups is 1. The summed E-state index contributed by atoms with van der Waals surface area (Å²) in [7, 11) is 0. The SMILES string of the molecule is O=C1[C@H](SC[C@@H](O)c2cccc(Cl)c2)[C@@H](c2ccc(O)cc2)N1c1ccc(-c2cccnc2)cc1. The van der Waals surface area contributed by atoms with Crippen LogP contribution in [0.5, 0.6) is 5.75 Å². The summed E-state index contributed by atoms with van der Waals surface area (Å²) >= 11 is 7.49. The maximum atomic E-state index is 13.3. The third kappa shape index (κ3) is 4.91. The van der Waals surface area contributed by atoms with Gasteiger partial charge in [0.05, 0.1) is 12.1 Å². The minimum atomic E-state index is -0.736. The van der Waals surface area contributed by atoms with E-state index in [0.29, 0.717) is 10.8 Å². The predicted molar refractivity (Wildman–Crippen MR) is 141 cm³/mol. The molecule has 2 N–H and O–H groups in total. The molecule has 35 heavy (non-hydrogen) atoms. The fourth-order valence-corrected chi connectivity index (χ4v) is 5.76. The molecule has 5 rings (SSSR count). The summed E-state index contributed by atoms with van der Waals surface area (Å²) in [5.41, 5.74) is 4.47. The second-order valence-corrected chi connectivity index (χ2v) is 9.97. The zero-order valence-corrected chi connectivity index (χ0v) is 20.2. The highest BCUT2D eigenvalue weighted by atomic mass is 35.5. The Balaban J connectivity index is 1.38. The lowest BCUT2D eigenvalue weighted by atomic mass is 9.92. The van der Waals surface area contributed by atoms with Gasteiger partial charge in [0.25, 0.3) is 0 Å². The van der Waals surface area contributed by atoms with Crippen molar-refractivity contribution in [2.75, 3.05) is 10.7 Å². The summed E-state index contributed by atoms with van der Waals surface area (Å²) in [4.78, 5) is 19.3. The molecule has 0 unspecified atom stereocenters. The number of hydrogen-bond donors (Lipinski definition) is 2. The predicted octanol–water partition coefficient (Wildman–Crippen LogP) is 6.03. The van der Waals surface area contributed by atoms with Crippen LogP contribution in [0.25, 0.3) is 11.1 Å². The number of thioether (sulfide) groups is 1. The van der Waals surface area contributed by atoms with Crippen LogP contribution in [-0.4, -0.2) is 32.1 Å². The van der Waals surface area contributed by atoms with Crippen LogP contribution in [0.4, 0.5) is 5.69 Å². The van der Waals surface area contributed by atoms with E-state index >= 15 is 0 Å². The molecule has 176 valence electrons. The van der Waals surface area contributed by atoms with Crippen molar-refractivity contribution < 1.29 is 15.0 Å². The minimum absolute atomic E-state index is 0.0134.